The Morgan fingerprint density at radius 2 is 1.94 bits per heavy atom. The smallest absolute Gasteiger partial charge is 0.255 e. The summed E-state index contributed by atoms with van der Waals surface area (Å²) in [6.07, 6.45) is 7.39. The van der Waals surface area contributed by atoms with E-state index in [1.54, 1.807) is 18.3 Å². The molecule has 1 aliphatic rings. The van der Waals surface area contributed by atoms with Gasteiger partial charge in [0.25, 0.3) is 5.91 Å². The molecule has 1 amide bonds. The second kappa shape index (κ2) is 9.27. The molecule has 0 atom stereocenters. The van der Waals surface area contributed by atoms with E-state index in [1.165, 1.54) is 19.3 Å². The number of carbonyl (C=O) groups excluding carboxylic acids is 1. The number of halogens is 1. The number of hydrogen-bond donors (Lipinski definition) is 2. The fourth-order valence-corrected chi connectivity index (χ4v) is 5.22. The van der Waals surface area contributed by atoms with E-state index in [0.29, 0.717) is 16.3 Å². The lowest BCUT2D eigenvalue weighted by Gasteiger charge is -2.21. The Labute approximate surface area is 196 Å². The summed E-state index contributed by atoms with van der Waals surface area (Å²) in [5.41, 5.74) is 4.88. The molecule has 162 valence electrons. The predicted octanol–water partition coefficient (Wildman–Crippen LogP) is 6.77. The van der Waals surface area contributed by atoms with Crippen LogP contribution < -0.4 is 9.62 Å². The number of aromatic amines is 1. The van der Waals surface area contributed by atoms with E-state index in [4.69, 9.17) is 11.6 Å². The molecule has 0 saturated carbocycles. The molecule has 2 aromatic heterocycles. The van der Waals surface area contributed by atoms with Crippen LogP contribution in [0.25, 0.3) is 22.2 Å². The van der Waals surface area contributed by atoms with Crippen LogP contribution in [-0.2, 0) is 0 Å². The van der Waals surface area contributed by atoms with Gasteiger partial charge in [-0.05, 0) is 79.4 Å². The molecule has 1 saturated heterocycles. The Morgan fingerprint density at radius 1 is 1.06 bits per heavy atom. The molecule has 1 aliphatic heterocycles. The average Bonchev–Trinajstić information content (AvgIpc) is 3.14. The number of nitrogens with zero attached hydrogens (tertiary/aromatic N) is 2. The van der Waals surface area contributed by atoms with E-state index in [9.17, 15) is 4.79 Å². The third-order valence-corrected chi connectivity index (χ3v) is 7.13. The van der Waals surface area contributed by atoms with Gasteiger partial charge in [0.15, 0.2) is 0 Å². The second-order valence-electron chi connectivity index (χ2n) is 7.79. The van der Waals surface area contributed by atoms with E-state index in [0.717, 1.165) is 40.1 Å². The van der Waals surface area contributed by atoms with Crippen LogP contribution in [0.1, 0.15) is 29.6 Å². The van der Waals surface area contributed by atoms with Crippen molar-refractivity contribution in [2.45, 2.75) is 19.3 Å². The van der Waals surface area contributed by atoms with E-state index in [-0.39, 0.29) is 5.91 Å². The summed E-state index contributed by atoms with van der Waals surface area (Å²) in [4.78, 5) is 20.6. The molecule has 2 N–H and O–H groups in total. The number of carbonyl (C=O) groups is 1. The quantitative estimate of drug-likeness (QED) is 0.328. The average molecular weight is 463 g/mol. The number of hydrogen-bond acceptors (Lipinski definition) is 4. The summed E-state index contributed by atoms with van der Waals surface area (Å²) in [5, 5.41) is 4.63. The summed E-state index contributed by atoms with van der Waals surface area (Å²) in [6.45, 7) is 1.05. The van der Waals surface area contributed by atoms with Crippen LogP contribution in [-0.4, -0.2) is 28.2 Å². The Hall–Kier alpha value is -2.96. The number of nitrogens with one attached hydrogen (secondary N) is 2. The van der Waals surface area contributed by atoms with Gasteiger partial charge in [0.05, 0.1) is 16.2 Å². The molecule has 0 aliphatic carbocycles. The van der Waals surface area contributed by atoms with Crippen molar-refractivity contribution >= 4 is 51.7 Å². The predicted molar refractivity (Wildman–Crippen MR) is 135 cm³/mol. The van der Waals surface area contributed by atoms with Crippen molar-refractivity contribution in [2.75, 3.05) is 21.9 Å². The van der Waals surface area contributed by atoms with E-state index in [2.05, 4.69) is 19.6 Å². The highest BCUT2D eigenvalue weighted by Gasteiger charge is 2.14. The summed E-state index contributed by atoms with van der Waals surface area (Å²) < 4.78 is 2.33. The third-order valence-electron chi connectivity index (χ3n) is 5.62. The van der Waals surface area contributed by atoms with Crippen molar-refractivity contribution in [2.24, 2.45) is 0 Å². The minimum absolute atomic E-state index is 0.153. The molecular formula is C25H23ClN4OS. The van der Waals surface area contributed by atoms with Crippen LogP contribution >= 0.6 is 23.5 Å². The monoisotopic (exact) mass is 462 g/mol. The van der Waals surface area contributed by atoms with Gasteiger partial charge in [0, 0.05) is 52.6 Å². The molecule has 32 heavy (non-hydrogen) atoms. The Bertz CT molecular complexity index is 1250. The first kappa shape index (κ1) is 20.9. The van der Waals surface area contributed by atoms with Gasteiger partial charge in [-0.25, -0.2) is 0 Å². The van der Waals surface area contributed by atoms with Crippen molar-refractivity contribution in [1.29, 1.82) is 0 Å². The molecule has 0 spiro atoms. The maximum Gasteiger partial charge on any atom is 0.255 e. The third kappa shape index (κ3) is 4.33. The van der Waals surface area contributed by atoms with E-state index in [1.807, 2.05) is 60.6 Å². The SMILES string of the molecule is O=C(Nc1ccc(Cl)c(-c2nccc3cc[nH]c23)c1)c1ccc(N2CCCCCS2)cc1. The number of benzene rings is 2. The number of H-pyrrole nitrogens is 1. The largest absolute Gasteiger partial charge is 0.359 e. The second-order valence-corrected chi connectivity index (χ2v) is 9.31. The zero-order chi connectivity index (χ0) is 21.9. The number of aromatic nitrogens is 2. The molecule has 4 aromatic rings. The van der Waals surface area contributed by atoms with Crippen LogP contribution in [0.4, 0.5) is 11.4 Å². The fraction of sp³-hybridized carbons (Fsp3) is 0.200. The van der Waals surface area contributed by atoms with Gasteiger partial charge in [0.2, 0.25) is 0 Å². The highest BCUT2D eigenvalue weighted by molar-refractivity contribution is 8.00. The molecule has 3 heterocycles. The number of pyridine rings is 1. The Balaban J connectivity index is 1.36. The van der Waals surface area contributed by atoms with Gasteiger partial charge in [-0.1, -0.05) is 18.0 Å². The van der Waals surface area contributed by atoms with Gasteiger partial charge in [0.1, 0.15) is 0 Å². The Morgan fingerprint density at radius 3 is 2.81 bits per heavy atom. The van der Waals surface area contributed by atoms with E-state index < -0.39 is 0 Å². The lowest BCUT2D eigenvalue weighted by Crippen LogP contribution is -2.15. The van der Waals surface area contributed by atoms with Crippen LogP contribution in [0.2, 0.25) is 5.02 Å². The molecule has 0 radical (unpaired) electrons. The number of amides is 1. The molecule has 2 aromatic carbocycles. The van der Waals surface area contributed by atoms with Crippen LogP contribution in [0.15, 0.2) is 67.0 Å². The van der Waals surface area contributed by atoms with Crippen molar-refractivity contribution < 1.29 is 4.79 Å². The summed E-state index contributed by atoms with van der Waals surface area (Å²) in [5.74, 6) is 0.992. The van der Waals surface area contributed by atoms with Crippen LogP contribution in [0, 0.1) is 0 Å². The van der Waals surface area contributed by atoms with Gasteiger partial charge in [-0.2, -0.15) is 0 Å². The first-order valence-corrected chi connectivity index (χ1v) is 12.0. The minimum Gasteiger partial charge on any atom is -0.359 e. The molecule has 1 fully saturated rings. The number of anilines is 2. The molecule has 0 bridgehead atoms. The Kier molecular flexibility index (Phi) is 6.06. The highest BCUT2D eigenvalue weighted by Crippen LogP contribution is 2.33. The maximum absolute atomic E-state index is 12.9. The summed E-state index contributed by atoms with van der Waals surface area (Å²) in [7, 11) is 0. The molecule has 5 rings (SSSR count). The lowest BCUT2D eigenvalue weighted by atomic mass is 10.1. The molecular weight excluding hydrogens is 440 g/mol. The van der Waals surface area contributed by atoms with Crippen molar-refractivity contribution in [3.8, 4) is 11.3 Å². The van der Waals surface area contributed by atoms with Crippen molar-refractivity contribution in [3.63, 3.8) is 0 Å². The van der Waals surface area contributed by atoms with Crippen molar-refractivity contribution in [3.05, 3.63) is 77.6 Å². The standard InChI is InChI=1S/C25H23ClN4OS/c26-22-9-6-19(16-21(22)24-23-17(10-12-27-23)11-13-28-24)29-25(31)18-4-7-20(8-5-18)30-14-2-1-3-15-32-30/h4-13,16,27H,1-3,14-15H2,(H,29,31). The van der Waals surface area contributed by atoms with Gasteiger partial charge < -0.3 is 14.6 Å². The van der Waals surface area contributed by atoms with Gasteiger partial charge in [-0.3, -0.25) is 9.78 Å². The first-order valence-electron chi connectivity index (χ1n) is 10.7. The number of fused-ring (bicyclic) bond motifs is 1. The van der Waals surface area contributed by atoms with Crippen LogP contribution in [0.5, 0.6) is 0 Å². The minimum atomic E-state index is -0.153. The molecule has 0 unspecified atom stereocenters. The van der Waals surface area contributed by atoms with Gasteiger partial charge in [-0.15, -0.1) is 0 Å². The highest BCUT2D eigenvalue weighted by atomic mass is 35.5. The van der Waals surface area contributed by atoms with E-state index >= 15 is 0 Å². The normalized spacial score (nSPS) is 14.3. The van der Waals surface area contributed by atoms with Gasteiger partial charge >= 0.3 is 0 Å². The maximum atomic E-state index is 12.9. The zero-order valence-electron chi connectivity index (χ0n) is 17.5. The lowest BCUT2D eigenvalue weighted by molar-refractivity contribution is 0.102. The fourth-order valence-electron chi connectivity index (χ4n) is 3.93. The topological polar surface area (TPSA) is 61.0 Å². The first-order chi connectivity index (χ1) is 15.7. The van der Waals surface area contributed by atoms with Crippen LogP contribution in [0.3, 0.4) is 0 Å². The summed E-state index contributed by atoms with van der Waals surface area (Å²) in [6, 6.07) is 17.2. The molecule has 5 nitrogen and oxygen atoms in total. The molecule has 7 heteroatoms. The zero-order valence-corrected chi connectivity index (χ0v) is 19.0. The summed E-state index contributed by atoms with van der Waals surface area (Å²) >= 11 is 8.35. The van der Waals surface area contributed by atoms with Crippen molar-refractivity contribution in [1.82, 2.24) is 9.97 Å². The number of rotatable bonds is 4.